The SMILES string of the molecule is Cc1ccc(NC(=O)NCC2CCCN(C(=O)c3ccccn3)C2)cc1. The summed E-state index contributed by atoms with van der Waals surface area (Å²) in [4.78, 5) is 30.5. The third kappa shape index (κ3) is 4.81. The van der Waals surface area contributed by atoms with Crippen molar-refractivity contribution in [3.05, 3.63) is 59.9 Å². The number of amides is 3. The van der Waals surface area contributed by atoms with Crippen molar-refractivity contribution in [2.24, 2.45) is 5.92 Å². The summed E-state index contributed by atoms with van der Waals surface area (Å²) in [6.45, 7) is 3.93. The number of anilines is 1. The standard InChI is InChI=1S/C20H24N4O2/c1-15-7-9-17(10-8-15)23-20(26)22-13-16-5-4-12-24(14-16)19(25)18-6-2-3-11-21-18/h2-3,6-11,16H,4-5,12-14H2,1H3,(H2,22,23,26). The molecule has 1 fully saturated rings. The summed E-state index contributed by atoms with van der Waals surface area (Å²) >= 11 is 0. The third-order valence-corrected chi connectivity index (χ3v) is 4.55. The molecule has 1 aromatic carbocycles. The van der Waals surface area contributed by atoms with E-state index in [0.29, 0.717) is 18.8 Å². The number of hydrogen-bond acceptors (Lipinski definition) is 3. The number of hydrogen-bond donors (Lipinski definition) is 2. The second-order valence-corrected chi connectivity index (χ2v) is 6.68. The van der Waals surface area contributed by atoms with Crippen LogP contribution in [0.15, 0.2) is 48.7 Å². The highest BCUT2D eigenvalue weighted by Crippen LogP contribution is 2.17. The lowest BCUT2D eigenvalue weighted by atomic mass is 9.97. The molecule has 1 unspecified atom stereocenters. The van der Waals surface area contributed by atoms with E-state index in [1.54, 1.807) is 18.3 Å². The van der Waals surface area contributed by atoms with Gasteiger partial charge in [0.25, 0.3) is 5.91 Å². The molecule has 1 aliphatic heterocycles. The Bertz CT molecular complexity index is 746. The van der Waals surface area contributed by atoms with Crippen LogP contribution in [0.5, 0.6) is 0 Å². The summed E-state index contributed by atoms with van der Waals surface area (Å²) in [6.07, 6.45) is 3.56. The molecule has 1 aromatic heterocycles. The summed E-state index contributed by atoms with van der Waals surface area (Å²) in [5, 5.41) is 5.74. The molecule has 1 atom stereocenters. The fraction of sp³-hybridized carbons (Fsp3) is 0.350. The van der Waals surface area contributed by atoms with Gasteiger partial charge in [0, 0.05) is 31.5 Å². The molecule has 26 heavy (non-hydrogen) atoms. The lowest BCUT2D eigenvalue weighted by Gasteiger charge is -2.32. The van der Waals surface area contributed by atoms with Crippen molar-refractivity contribution in [3.63, 3.8) is 0 Å². The van der Waals surface area contributed by atoms with Gasteiger partial charge >= 0.3 is 6.03 Å². The molecular weight excluding hydrogens is 328 g/mol. The van der Waals surface area contributed by atoms with Crippen molar-refractivity contribution in [1.29, 1.82) is 0 Å². The molecular formula is C20H24N4O2. The number of benzene rings is 1. The third-order valence-electron chi connectivity index (χ3n) is 4.55. The molecule has 6 nitrogen and oxygen atoms in total. The van der Waals surface area contributed by atoms with Gasteiger partial charge in [-0.1, -0.05) is 23.8 Å². The number of aryl methyl sites for hydroxylation is 1. The van der Waals surface area contributed by atoms with Gasteiger partial charge in [-0.25, -0.2) is 4.79 Å². The van der Waals surface area contributed by atoms with Crippen LogP contribution in [0.4, 0.5) is 10.5 Å². The highest BCUT2D eigenvalue weighted by Gasteiger charge is 2.25. The Morgan fingerprint density at radius 1 is 1.19 bits per heavy atom. The second kappa shape index (κ2) is 8.47. The Balaban J connectivity index is 1.48. The van der Waals surface area contributed by atoms with Gasteiger partial charge in [-0.3, -0.25) is 9.78 Å². The van der Waals surface area contributed by atoms with Crippen LogP contribution in [-0.4, -0.2) is 41.5 Å². The summed E-state index contributed by atoms with van der Waals surface area (Å²) in [6, 6.07) is 12.8. The fourth-order valence-corrected chi connectivity index (χ4v) is 3.12. The molecule has 3 rings (SSSR count). The molecule has 3 amide bonds. The maximum Gasteiger partial charge on any atom is 0.319 e. The molecule has 2 aromatic rings. The van der Waals surface area contributed by atoms with Gasteiger partial charge in [-0.05, 0) is 49.9 Å². The van der Waals surface area contributed by atoms with E-state index in [0.717, 1.165) is 30.6 Å². The normalized spacial score (nSPS) is 16.8. The number of piperidine rings is 1. The molecule has 2 heterocycles. The van der Waals surface area contributed by atoms with E-state index in [1.165, 1.54) is 0 Å². The van der Waals surface area contributed by atoms with Crippen LogP contribution in [0.2, 0.25) is 0 Å². The number of pyridine rings is 1. The van der Waals surface area contributed by atoms with Crippen molar-refractivity contribution < 1.29 is 9.59 Å². The summed E-state index contributed by atoms with van der Waals surface area (Å²) in [7, 11) is 0. The molecule has 0 spiro atoms. The minimum atomic E-state index is -0.220. The molecule has 0 radical (unpaired) electrons. The van der Waals surface area contributed by atoms with Crippen molar-refractivity contribution in [2.45, 2.75) is 19.8 Å². The predicted octanol–water partition coefficient (Wildman–Crippen LogP) is 3.06. The number of nitrogens with one attached hydrogen (secondary N) is 2. The number of carbonyl (C=O) groups is 2. The Labute approximate surface area is 153 Å². The first-order valence-corrected chi connectivity index (χ1v) is 8.93. The molecule has 1 aliphatic rings. The first-order chi connectivity index (χ1) is 12.6. The van der Waals surface area contributed by atoms with Crippen LogP contribution in [0.25, 0.3) is 0 Å². The second-order valence-electron chi connectivity index (χ2n) is 6.68. The zero-order valence-corrected chi connectivity index (χ0v) is 14.9. The largest absolute Gasteiger partial charge is 0.338 e. The molecule has 1 saturated heterocycles. The summed E-state index contributed by atoms with van der Waals surface area (Å²) in [5.41, 5.74) is 2.39. The Morgan fingerprint density at radius 2 is 2.00 bits per heavy atom. The molecule has 0 bridgehead atoms. The summed E-state index contributed by atoms with van der Waals surface area (Å²) < 4.78 is 0. The fourth-order valence-electron chi connectivity index (χ4n) is 3.12. The molecule has 136 valence electrons. The lowest BCUT2D eigenvalue weighted by Crippen LogP contribution is -2.44. The van der Waals surface area contributed by atoms with Gasteiger partial charge in [-0.15, -0.1) is 0 Å². The van der Waals surface area contributed by atoms with E-state index in [1.807, 2.05) is 42.2 Å². The average molecular weight is 352 g/mol. The van der Waals surface area contributed by atoms with Crippen LogP contribution >= 0.6 is 0 Å². The van der Waals surface area contributed by atoms with Gasteiger partial charge in [0.1, 0.15) is 5.69 Å². The minimum absolute atomic E-state index is 0.0422. The molecule has 2 N–H and O–H groups in total. The van der Waals surface area contributed by atoms with Crippen molar-refractivity contribution >= 4 is 17.6 Å². The maximum absolute atomic E-state index is 12.5. The van der Waals surface area contributed by atoms with Gasteiger partial charge in [0.2, 0.25) is 0 Å². The highest BCUT2D eigenvalue weighted by atomic mass is 16.2. The van der Waals surface area contributed by atoms with Crippen molar-refractivity contribution in [1.82, 2.24) is 15.2 Å². The van der Waals surface area contributed by atoms with Gasteiger partial charge in [0.15, 0.2) is 0 Å². The molecule has 0 aliphatic carbocycles. The summed E-state index contributed by atoms with van der Waals surface area (Å²) in [5.74, 6) is 0.208. The minimum Gasteiger partial charge on any atom is -0.338 e. The van der Waals surface area contributed by atoms with E-state index in [4.69, 9.17) is 0 Å². The number of carbonyl (C=O) groups excluding carboxylic acids is 2. The van der Waals surface area contributed by atoms with Crippen LogP contribution in [0.3, 0.4) is 0 Å². The first-order valence-electron chi connectivity index (χ1n) is 8.93. The first kappa shape index (κ1) is 17.9. The molecule has 6 heteroatoms. The van der Waals surface area contributed by atoms with Gasteiger partial charge in [-0.2, -0.15) is 0 Å². The number of nitrogens with zero attached hydrogens (tertiary/aromatic N) is 2. The molecule has 0 saturated carbocycles. The zero-order chi connectivity index (χ0) is 18.4. The number of aromatic nitrogens is 1. The predicted molar refractivity (Wildman–Crippen MR) is 101 cm³/mol. The maximum atomic E-state index is 12.5. The number of urea groups is 1. The van der Waals surface area contributed by atoms with Crippen molar-refractivity contribution in [2.75, 3.05) is 25.0 Å². The Hall–Kier alpha value is -2.89. The van der Waals surface area contributed by atoms with E-state index in [9.17, 15) is 9.59 Å². The number of likely N-dealkylation sites (tertiary alicyclic amines) is 1. The van der Waals surface area contributed by atoms with Gasteiger partial charge in [0.05, 0.1) is 0 Å². The van der Waals surface area contributed by atoms with E-state index in [-0.39, 0.29) is 17.9 Å². The van der Waals surface area contributed by atoms with E-state index >= 15 is 0 Å². The van der Waals surface area contributed by atoms with Crippen LogP contribution < -0.4 is 10.6 Å². The average Bonchev–Trinajstić information content (AvgIpc) is 2.68. The lowest BCUT2D eigenvalue weighted by molar-refractivity contribution is 0.0669. The van der Waals surface area contributed by atoms with E-state index in [2.05, 4.69) is 15.6 Å². The Kier molecular flexibility index (Phi) is 5.84. The topological polar surface area (TPSA) is 74.3 Å². The zero-order valence-electron chi connectivity index (χ0n) is 14.9. The quantitative estimate of drug-likeness (QED) is 0.888. The monoisotopic (exact) mass is 352 g/mol. The van der Waals surface area contributed by atoms with Crippen LogP contribution in [0, 0.1) is 12.8 Å². The van der Waals surface area contributed by atoms with E-state index < -0.39 is 0 Å². The van der Waals surface area contributed by atoms with Crippen LogP contribution in [-0.2, 0) is 0 Å². The smallest absolute Gasteiger partial charge is 0.319 e. The van der Waals surface area contributed by atoms with Crippen molar-refractivity contribution in [3.8, 4) is 0 Å². The highest BCUT2D eigenvalue weighted by molar-refractivity contribution is 5.92. The number of rotatable bonds is 4. The van der Waals surface area contributed by atoms with Gasteiger partial charge < -0.3 is 15.5 Å². The Morgan fingerprint density at radius 3 is 2.73 bits per heavy atom. The van der Waals surface area contributed by atoms with Crippen LogP contribution in [0.1, 0.15) is 28.9 Å².